The fourth-order valence-corrected chi connectivity index (χ4v) is 1.52. The maximum Gasteiger partial charge on any atom is 0.164 e. The molecule has 0 aliphatic heterocycles. The van der Waals surface area contributed by atoms with Gasteiger partial charge in [0.05, 0.1) is 6.61 Å². The zero-order valence-corrected chi connectivity index (χ0v) is 10.8. The highest BCUT2D eigenvalue weighted by molar-refractivity contribution is 5.96. The summed E-state index contributed by atoms with van der Waals surface area (Å²) < 4.78 is 5.33. The summed E-state index contributed by atoms with van der Waals surface area (Å²) in [5.41, 5.74) is 0.749. The van der Waals surface area contributed by atoms with Crippen LogP contribution in [-0.2, 0) is 0 Å². The van der Waals surface area contributed by atoms with Crippen molar-refractivity contribution in [3.63, 3.8) is 0 Å². The van der Waals surface area contributed by atoms with Crippen molar-refractivity contribution in [3.05, 3.63) is 29.8 Å². The maximum absolute atomic E-state index is 11.8. The van der Waals surface area contributed by atoms with Crippen LogP contribution in [0.1, 0.15) is 37.6 Å². The second kappa shape index (κ2) is 7.07. The van der Waals surface area contributed by atoms with E-state index in [1.54, 1.807) is 0 Å². The van der Waals surface area contributed by atoms with Crippen molar-refractivity contribution in [2.45, 2.75) is 33.2 Å². The molecule has 1 aromatic rings. The number of rotatable bonds is 7. The van der Waals surface area contributed by atoms with Gasteiger partial charge in [0.15, 0.2) is 5.78 Å². The highest BCUT2D eigenvalue weighted by atomic mass is 16.5. The molecule has 0 unspecified atom stereocenters. The van der Waals surface area contributed by atoms with Gasteiger partial charge in [0.2, 0.25) is 0 Å². The molecule has 0 bridgehead atoms. The lowest BCUT2D eigenvalue weighted by Gasteiger charge is -2.07. The molecule has 3 nitrogen and oxygen atoms in total. The number of carbonyl (C=O) groups excluding carboxylic acids is 1. The molecule has 0 spiro atoms. The van der Waals surface area contributed by atoms with Gasteiger partial charge in [0.25, 0.3) is 0 Å². The molecule has 0 aliphatic rings. The van der Waals surface area contributed by atoms with Crippen LogP contribution in [0.4, 0.5) is 0 Å². The van der Waals surface area contributed by atoms with Crippen molar-refractivity contribution in [3.8, 4) is 5.75 Å². The summed E-state index contributed by atoms with van der Waals surface area (Å²) in [6.45, 7) is 7.45. The number of benzene rings is 1. The number of Topliss-reactive ketones (excluding diaryl/α,β-unsaturated/α-hetero) is 1. The van der Waals surface area contributed by atoms with E-state index < -0.39 is 0 Å². The third-order valence-corrected chi connectivity index (χ3v) is 2.39. The Morgan fingerprint density at radius 3 is 2.47 bits per heavy atom. The first-order valence-electron chi connectivity index (χ1n) is 6.13. The molecule has 1 rings (SSSR count). The number of ether oxygens (including phenoxy) is 1. The topological polar surface area (TPSA) is 38.3 Å². The zero-order valence-electron chi connectivity index (χ0n) is 10.8. The molecule has 0 fully saturated rings. The lowest BCUT2D eigenvalue weighted by Crippen LogP contribution is -2.25. The second-order valence-corrected chi connectivity index (χ2v) is 4.24. The minimum absolute atomic E-state index is 0.168. The van der Waals surface area contributed by atoms with Crippen LogP contribution in [0, 0.1) is 0 Å². The molecule has 0 atom stereocenters. The molecule has 0 aliphatic carbocycles. The van der Waals surface area contributed by atoms with Gasteiger partial charge in [-0.15, -0.1) is 0 Å². The highest BCUT2D eigenvalue weighted by Crippen LogP contribution is 2.13. The highest BCUT2D eigenvalue weighted by Gasteiger charge is 2.05. The molecule has 1 N–H and O–H groups in total. The largest absolute Gasteiger partial charge is 0.494 e. The van der Waals surface area contributed by atoms with Gasteiger partial charge in [-0.2, -0.15) is 0 Å². The van der Waals surface area contributed by atoms with Crippen LogP contribution in [0.2, 0.25) is 0 Å². The standard InChI is InChI=1S/C14H21NO2/c1-4-17-13-7-5-12(6-8-13)14(16)9-10-15-11(2)3/h5-8,11,15H,4,9-10H2,1-3H3. The van der Waals surface area contributed by atoms with Gasteiger partial charge in [0.1, 0.15) is 5.75 Å². The number of nitrogens with one attached hydrogen (secondary N) is 1. The molecule has 0 radical (unpaired) electrons. The van der Waals surface area contributed by atoms with E-state index in [0.29, 0.717) is 19.1 Å². The summed E-state index contributed by atoms with van der Waals surface area (Å²) in [7, 11) is 0. The van der Waals surface area contributed by atoms with E-state index in [2.05, 4.69) is 19.2 Å². The van der Waals surface area contributed by atoms with Gasteiger partial charge >= 0.3 is 0 Å². The Kier molecular flexibility index (Phi) is 5.70. The number of hydrogen-bond acceptors (Lipinski definition) is 3. The van der Waals surface area contributed by atoms with Crippen LogP contribution in [0.5, 0.6) is 5.75 Å². The van der Waals surface area contributed by atoms with Crippen LogP contribution >= 0.6 is 0 Å². The minimum atomic E-state index is 0.168. The molecule has 0 heterocycles. The van der Waals surface area contributed by atoms with Crippen LogP contribution in [0.25, 0.3) is 0 Å². The van der Waals surface area contributed by atoms with E-state index in [1.165, 1.54) is 0 Å². The van der Waals surface area contributed by atoms with E-state index in [1.807, 2.05) is 31.2 Å². The van der Waals surface area contributed by atoms with Gasteiger partial charge in [-0.05, 0) is 31.2 Å². The summed E-state index contributed by atoms with van der Waals surface area (Å²) in [5, 5.41) is 3.23. The molecule has 0 saturated heterocycles. The molecule has 0 amide bonds. The summed E-state index contributed by atoms with van der Waals surface area (Å²) >= 11 is 0. The first kappa shape index (κ1) is 13.7. The number of ketones is 1. The smallest absolute Gasteiger partial charge is 0.164 e. The Morgan fingerprint density at radius 2 is 1.94 bits per heavy atom. The normalized spacial score (nSPS) is 10.6. The van der Waals surface area contributed by atoms with Crippen molar-refractivity contribution >= 4 is 5.78 Å². The average molecular weight is 235 g/mol. The van der Waals surface area contributed by atoms with Gasteiger partial charge < -0.3 is 10.1 Å². The first-order chi connectivity index (χ1) is 8.13. The molecular weight excluding hydrogens is 214 g/mol. The Labute approximate surface area is 103 Å². The van der Waals surface area contributed by atoms with Crippen molar-refractivity contribution in [2.75, 3.05) is 13.2 Å². The monoisotopic (exact) mass is 235 g/mol. The second-order valence-electron chi connectivity index (χ2n) is 4.24. The third kappa shape index (κ3) is 5.00. The summed E-state index contributed by atoms with van der Waals surface area (Å²) in [4.78, 5) is 11.8. The Balaban J connectivity index is 2.46. The predicted octanol–water partition coefficient (Wildman–Crippen LogP) is 2.66. The predicted molar refractivity (Wildman–Crippen MR) is 69.7 cm³/mol. The van der Waals surface area contributed by atoms with Gasteiger partial charge in [-0.3, -0.25) is 4.79 Å². The molecule has 17 heavy (non-hydrogen) atoms. The average Bonchev–Trinajstić information content (AvgIpc) is 2.30. The summed E-state index contributed by atoms with van der Waals surface area (Å²) in [6.07, 6.45) is 0.534. The van der Waals surface area contributed by atoms with Crippen molar-refractivity contribution < 1.29 is 9.53 Å². The molecule has 1 aromatic carbocycles. The lowest BCUT2D eigenvalue weighted by atomic mass is 10.1. The number of carbonyl (C=O) groups is 1. The summed E-state index contributed by atoms with van der Waals surface area (Å²) in [5.74, 6) is 0.977. The van der Waals surface area contributed by atoms with Crippen molar-refractivity contribution in [2.24, 2.45) is 0 Å². The third-order valence-electron chi connectivity index (χ3n) is 2.39. The Morgan fingerprint density at radius 1 is 1.29 bits per heavy atom. The van der Waals surface area contributed by atoms with Gasteiger partial charge in [0, 0.05) is 24.6 Å². The van der Waals surface area contributed by atoms with E-state index in [-0.39, 0.29) is 5.78 Å². The zero-order chi connectivity index (χ0) is 12.7. The van der Waals surface area contributed by atoms with Crippen molar-refractivity contribution in [1.82, 2.24) is 5.32 Å². The van der Waals surface area contributed by atoms with Gasteiger partial charge in [-0.1, -0.05) is 13.8 Å². The summed E-state index contributed by atoms with van der Waals surface area (Å²) in [6, 6.07) is 7.74. The fraction of sp³-hybridized carbons (Fsp3) is 0.500. The lowest BCUT2D eigenvalue weighted by molar-refractivity contribution is 0.0982. The Hall–Kier alpha value is -1.35. The molecular formula is C14H21NO2. The molecule has 0 aromatic heterocycles. The van der Waals surface area contributed by atoms with E-state index in [0.717, 1.165) is 17.9 Å². The minimum Gasteiger partial charge on any atom is -0.494 e. The number of hydrogen-bond donors (Lipinski definition) is 1. The van der Waals surface area contributed by atoms with Crippen LogP contribution < -0.4 is 10.1 Å². The Bertz CT molecular complexity index is 344. The van der Waals surface area contributed by atoms with E-state index in [9.17, 15) is 4.79 Å². The molecule has 3 heteroatoms. The van der Waals surface area contributed by atoms with Crippen molar-refractivity contribution in [1.29, 1.82) is 0 Å². The molecule has 0 saturated carbocycles. The van der Waals surface area contributed by atoms with E-state index in [4.69, 9.17) is 4.74 Å². The maximum atomic E-state index is 11.8. The van der Waals surface area contributed by atoms with E-state index >= 15 is 0 Å². The molecule has 94 valence electrons. The van der Waals surface area contributed by atoms with Crippen LogP contribution in [0.3, 0.4) is 0 Å². The quantitative estimate of drug-likeness (QED) is 0.738. The van der Waals surface area contributed by atoms with Gasteiger partial charge in [-0.25, -0.2) is 0 Å². The van der Waals surface area contributed by atoms with Crippen LogP contribution in [0.15, 0.2) is 24.3 Å². The fourth-order valence-electron chi connectivity index (χ4n) is 1.52. The SMILES string of the molecule is CCOc1ccc(C(=O)CCNC(C)C)cc1. The first-order valence-corrected chi connectivity index (χ1v) is 6.13. The van der Waals surface area contributed by atoms with Crippen LogP contribution in [-0.4, -0.2) is 25.0 Å².